The van der Waals surface area contributed by atoms with Crippen molar-refractivity contribution in [3.8, 4) is 0 Å². The van der Waals surface area contributed by atoms with Crippen molar-refractivity contribution in [3.05, 3.63) is 10.6 Å². The normalized spacial score (nSPS) is 20.7. The molecule has 0 saturated heterocycles. The standard InChI is InChI=1S/C17H30N4OS/c1-12(2)21-14(19-20-16(21)23)8-10-18-15(22)11-13-7-5-6-9-17(13,3)4/h12-13H,5-11H2,1-4H3,(H,18,22)(H,20,23)/t13-/m0/s1. The lowest BCUT2D eigenvalue weighted by atomic mass is 9.67. The van der Waals surface area contributed by atoms with Crippen LogP contribution >= 0.6 is 12.2 Å². The molecule has 1 aliphatic carbocycles. The van der Waals surface area contributed by atoms with E-state index in [-0.39, 0.29) is 17.4 Å². The summed E-state index contributed by atoms with van der Waals surface area (Å²) in [5.74, 6) is 1.57. The fourth-order valence-corrected chi connectivity index (χ4v) is 3.96. The van der Waals surface area contributed by atoms with E-state index in [0.717, 1.165) is 5.82 Å². The lowest BCUT2D eigenvalue weighted by molar-refractivity contribution is -0.123. The Hall–Kier alpha value is -1.17. The van der Waals surface area contributed by atoms with Crippen LogP contribution in [0, 0.1) is 16.1 Å². The summed E-state index contributed by atoms with van der Waals surface area (Å²) in [7, 11) is 0. The molecule has 1 amide bonds. The molecule has 0 aliphatic heterocycles. The first kappa shape index (κ1) is 18.2. The van der Waals surface area contributed by atoms with Crippen molar-refractivity contribution in [1.29, 1.82) is 0 Å². The molecule has 1 aromatic rings. The monoisotopic (exact) mass is 338 g/mol. The molecule has 1 aliphatic rings. The highest BCUT2D eigenvalue weighted by Crippen LogP contribution is 2.42. The van der Waals surface area contributed by atoms with Gasteiger partial charge >= 0.3 is 0 Å². The largest absolute Gasteiger partial charge is 0.356 e. The number of nitrogens with one attached hydrogen (secondary N) is 2. The Balaban J connectivity index is 1.82. The summed E-state index contributed by atoms with van der Waals surface area (Å²) < 4.78 is 2.65. The fourth-order valence-electron chi connectivity index (χ4n) is 3.60. The van der Waals surface area contributed by atoms with Crippen LogP contribution < -0.4 is 5.32 Å². The van der Waals surface area contributed by atoms with Gasteiger partial charge in [-0.2, -0.15) is 5.10 Å². The third-order valence-corrected chi connectivity index (χ3v) is 5.41. The van der Waals surface area contributed by atoms with E-state index in [1.165, 1.54) is 25.7 Å². The zero-order valence-corrected chi connectivity index (χ0v) is 15.6. The Bertz CT molecular complexity index is 588. The molecular weight excluding hydrogens is 308 g/mol. The average Bonchev–Trinajstić information content (AvgIpc) is 2.82. The van der Waals surface area contributed by atoms with Gasteiger partial charge in [0.25, 0.3) is 0 Å². The molecule has 0 spiro atoms. The van der Waals surface area contributed by atoms with E-state index in [0.29, 0.717) is 30.1 Å². The Morgan fingerprint density at radius 2 is 2.22 bits per heavy atom. The minimum Gasteiger partial charge on any atom is -0.356 e. The van der Waals surface area contributed by atoms with Crippen LogP contribution in [0.15, 0.2) is 0 Å². The van der Waals surface area contributed by atoms with Gasteiger partial charge < -0.3 is 9.88 Å². The number of carbonyl (C=O) groups excluding carboxylic acids is 1. The summed E-state index contributed by atoms with van der Waals surface area (Å²) in [4.78, 5) is 12.2. The second-order valence-electron chi connectivity index (χ2n) is 7.64. The number of amides is 1. The smallest absolute Gasteiger partial charge is 0.220 e. The molecule has 1 atom stereocenters. The minimum absolute atomic E-state index is 0.162. The maximum Gasteiger partial charge on any atom is 0.220 e. The summed E-state index contributed by atoms with van der Waals surface area (Å²) in [5.41, 5.74) is 0.287. The Labute approximate surface area is 144 Å². The average molecular weight is 339 g/mol. The number of rotatable bonds is 6. The van der Waals surface area contributed by atoms with E-state index in [1.807, 2.05) is 4.57 Å². The van der Waals surface area contributed by atoms with E-state index in [1.54, 1.807) is 0 Å². The first-order valence-electron chi connectivity index (χ1n) is 8.73. The zero-order valence-electron chi connectivity index (χ0n) is 14.8. The first-order valence-corrected chi connectivity index (χ1v) is 9.14. The van der Waals surface area contributed by atoms with Crippen LogP contribution in [-0.4, -0.2) is 27.2 Å². The number of hydrogen-bond acceptors (Lipinski definition) is 3. The van der Waals surface area contributed by atoms with Gasteiger partial charge in [0, 0.05) is 25.4 Å². The molecule has 0 radical (unpaired) electrons. The van der Waals surface area contributed by atoms with Crippen molar-refractivity contribution in [2.24, 2.45) is 11.3 Å². The molecule has 2 N–H and O–H groups in total. The second kappa shape index (κ2) is 7.60. The summed E-state index contributed by atoms with van der Waals surface area (Å²) >= 11 is 5.24. The van der Waals surface area contributed by atoms with Crippen LogP contribution in [0.3, 0.4) is 0 Å². The number of aromatic nitrogens is 3. The van der Waals surface area contributed by atoms with Crippen molar-refractivity contribution in [3.63, 3.8) is 0 Å². The zero-order chi connectivity index (χ0) is 17.0. The molecule has 0 unspecified atom stereocenters. The van der Waals surface area contributed by atoms with Gasteiger partial charge in [-0.1, -0.05) is 26.7 Å². The van der Waals surface area contributed by atoms with Crippen LogP contribution in [0.1, 0.15) is 71.7 Å². The highest BCUT2D eigenvalue weighted by molar-refractivity contribution is 7.71. The quantitative estimate of drug-likeness (QED) is 0.776. The van der Waals surface area contributed by atoms with Gasteiger partial charge in [0.1, 0.15) is 5.82 Å². The van der Waals surface area contributed by atoms with E-state index in [2.05, 4.69) is 43.2 Å². The second-order valence-corrected chi connectivity index (χ2v) is 8.03. The number of carbonyl (C=O) groups is 1. The first-order chi connectivity index (χ1) is 10.8. The molecule has 1 heterocycles. The predicted molar refractivity (Wildman–Crippen MR) is 94.9 cm³/mol. The molecule has 0 aromatic carbocycles. The fraction of sp³-hybridized carbons (Fsp3) is 0.824. The molecular formula is C17H30N4OS. The maximum absolute atomic E-state index is 12.2. The van der Waals surface area contributed by atoms with Gasteiger partial charge in [0.2, 0.25) is 5.91 Å². The molecule has 23 heavy (non-hydrogen) atoms. The SMILES string of the molecule is CC(C)n1c(CCNC(=O)C[C@@H]2CCCCC2(C)C)n[nH]c1=S. The molecule has 1 fully saturated rings. The van der Waals surface area contributed by atoms with E-state index >= 15 is 0 Å². The van der Waals surface area contributed by atoms with Gasteiger partial charge in [-0.3, -0.25) is 9.89 Å². The highest BCUT2D eigenvalue weighted by atomic mass is 32.1. The Morgan fingerprint density at radius 3 is 2.87 bits per heavy atom. The molecule has 2 rings (SSSR count). The van der Waals surface area contributed by atoms with Gasteiger partial charge in [-0.15, -0.1) is 0 Å². The molecule has 6 heteroatoms. The lowest BCUT2D eigenvalue weighted by Gasteiger charge is -2.38. The molecule has 1 aromatic heterocycles. The third-order valence-electron chi connectivity index (χ3n) is 5.13. The summed E-state index contributed by atoms with van der Waals surface area (Å²) in [5, 5.41) is 10.2. The summed E-state index contributed by atoms with van der Waals surface area (Å²) in [6.45, 7) is 9.37. The van der Waals surface area contributed by atoms with Crippen LogP contribution in [0.25, 0.3) is 0 Å². The van der Waals surface area contributed by atoms with Gasteiger partial charge in [-0.05, 0) is 50.2 Å². The van der Waals surface area contributed by atoms with Crippen molar-refractivity contribution in [1.82, 2.24) is 20.1 Å². The Morgan fingerprint density at radius 1 is 1.48 bits per heavy atom. The van der Waals surface area contributed by atoms with Crippen molar-refractivity contribution in [2.75, 3.05) is 6.54 Å². The number of H-pyrrole nitrogens is 1. The van der Waals surface area contributed by atoms with E-state index in [9.17, 15) is 4.79 Å². The number of nitrogens with zero attached hydrogens (tertiary/aromatic N) is 2. The number of hydrogen-bond donors (Lipinski definition) is 2. The van der Waals surface area contributed by atoms with Crippen LogP contribution in [0.2, 0.25) is 0 Å². The topological polar surface area (TPSA) is 62.7 Å². The third kappa shape index (κ3) is 4.66. The predicted octanol–water partition coefficient (Wildman–Crippen LogP) is 3.79. The van der Waals surface area contributed by atoms with Crippen molar-refractivity contribution in [2.45, 2.75) is 72.3 Å². The Kier molecular flexibility index (Phi) is 6.00. The van der Waals surface area contributed by atoms with Gasteiger partial charge in [-0.25, -0.2) is 0 Å². The van der Waals surface area contributed by atoms with Crippen molar-refractivity contribution >= 4 is 18.1 Å². The summed E-state index contributed by atoms with van der Waals surface area (Å²) in [6.07, 6.45) is 6.29. The van der Waals surface area contributed by atoms with E-state index in [4.69, 9.17) is 12.2 Å². The maximum atomic E-state index is 12.2. The van der Waals surface area contributed by atoms with Crippen LogP contribution in [-0.2, 0) is 11.2 Å². The highest BCUT2D eigenvalue weighted by Gasteiger charge is 2.33. The summed E-state index contributed by atoms with van der Waals surface area (Å²) in [6, 6.07) is 0.273. The van der Waals surface area contributed by atoms with Crippen LogP contribution in [0.5, 0.6) is 0 Å². The minimum atomic E-state index is 0.162. The molecule has 5 nitrogen and oxygen atoms in total. The van der Waals surface area contributed by atoms with Crippen LogP contribution in [0.4, 0.5) is 0 Å². The number of aromatic amines is 1. The molecule has 130 valence electrons. The van der Waals surface area contributed by atoms with Gasteiger partial charge in [0.15, 0.2) is 4.77 Å². The van der Waals surface area contributed by atoms with Gasteiger partial charge in [0.05, 0.1) is 0 Å². The van der Waals surface area contributed by atoms with E-state index < -0.39 is 0 Å². The van der Waals surface area contributed by atoms with Crippen molar-refractivity contribution < 1.29 is 4.79 Å². The molecule has 0 bridgehead atoms. The lowest BCUT2D eigenvalue weighted by Crippen LogP contribution is -2.34. The molecule has 1 saturated carbocycles.